The molecule has 0 atom stereocenters. The number of aromatic nitrogens is 1. The molecule has 0 amide bonds. The Hall–Kier alpha value is -1.27. The van der Waals surface area contributed by atoms with Crippen LogP contribution >= 0.6 is 11.8 Å². The molecule has 0 aromatic carbocycles. The van der Waals surface area contributed by atoms with Crippen LogP contribution in [-0.4, -0.2) is 35.5 Å². The van der Waals surface area contributed by atoms with E-state index in [4.69, 9.17) is 10.8 Å². The maximum Gasteiger partial charge on any atom is 0.340 e. The van der Waals surface area contributed by atoms with E-state index in [9.17, 15) is 4.79 Å². The number of rotatable bonds is 5. The minimum atomic E-state index is -0.469. The highest BCUT2D eigenvalue weighted by Crippen LogP contribution is 2.26. The summed E-state index contributed by atoms with van der Waals surface area (Å²) in [5, 5.41) is 9.25. The lowest BCUT2D eigenvalue weighted by atomic mass is 10.2. The number of pyridine rings is 1. The third kappa shape index (κ3) is 3.11. The zero-order chi connectivity index (χ0) is 12.0. The fraction of sp³-hybridized carbons (Fsp3) is 0.400. The van der Waals surface area contributed by atoms with Gasteiger partial charge in [-0.3, -0.25) is 0 Å². The number of esters is 1. The molecule has 5 nitrogen and oxygen atoms in total. The van der Waals surface area contributed by atoms with E-state index in [0.717, 1.165) is 0 Å². The molecule has 0 aliphatic heterocycles. The summed E-state index contributed by atoms with van der Waals surface area (Å²) in [5.74, 6) is 0.238. The maximum atomic E-state index is 11.3. The van der Waals surface area contributed by atoms with Crippen molar-refractivity contribution in [2.75, 3.05) is 25.2 Å². The number of nitrogens with two attached hydrogens (primary N) is 1. The molecule has 0 radical (unpaired) electrons. The Kier molecular flexibility index (Phi) is 5.07. The first-order valence-corrected chi connectivity index (χ1v) is 5.75. The van der Waals surface area contributed by atoms with Crippen molar-refractivity contribution in [1.29, 1.82) is 0 Å². The van der Waals surface area contributed by atoms with Crippen LogP contribution in [0.5, 0.6) is 0 Å². The molecule has 0 saturated carbocycles. The van der Waals surface area contributed by atoms with Gasteiger partial charge in [0.2, 0.25) is 0 Å². The minimum Gasteiger partial charge on any atom is -0.465 e. The van der Waals surface area contributed by atoms with E-state index in [-0.39, 0.29) is 6.61 Å². The third-order valence-corrected chi connectivity index (χ3v) is 2.99. The van der Waals surface area contributed by atoms with Crippen molar-refractivity contribution in [3.05, 3.63) is 17.8 Å². The molecular weight excluding hydrogens is 228 g/mol. The topological polar surface area (TPSA) is 85.4 Å². The van der Waals surface area contributed by atoms with Crippen molar-refractivity contribution >= 4 is 23.4 Å². The lowest BCUT2D eigenvalue weighted by Crippen LogP contribution is -2.07. The van der Waals surface area contributed by atoms with Gasteiger partial charge in [-0.15, -0.1) is 11.8 Å². The molecule has 6 heteroatoms. The van der Waals surface area contributed by atoms with Gasteiger partial charge >= 0.3 is 5.97 Å². The molecule has 1 aromatic rings. The number of nitrogen functional groups attached to an aromatic ring is 1. The van der Waals surface area contributed by atoms with Crippen LogP contribution in [-0.2, 0) is 4.74 Å². The van der Waals surface area contributed by atoms with Crippen molar-refractivity contribution in [2.45, 2.75) is 11.4 Å². The van der Waals surface area contributed by atoms with E-state index >= 15 is 0 Å². The molecule has 0 bridgehead atoms. The quantitative estimate of drug-likeness (QED) is 0.454. The van der Waals surface area contributed by atoms with E-state index in [2.05, 4.69) is 9.72 Å². The first-order chi connectivity index (χ1) is 7.70. The molecule has 0 unspecified atom stereocenters. The molecule has 1 aromatic heterocycles. The first kappa shape index (κ1) is 12.8. The van der Waals surface area contributed by atoms with Crippen LogP contribution < -0.4 is 5.73 Å². The molecule has 3 N–H and O–H groups in total. The smallest absolute Gasteiger partial charge is 0.340 e. The summed E-state index contributed by atoms with van der Waals surface area (Å²) in [6.07, 6.45) is 2.18. The molecule has 0 fully saturated rings. The van der Waals surface area contributed by atoms with E-state index in [1.54, 1.807) is 0 Å². The standard InChI is InChI=1S/C10H14N2O3S/c1-15-10(14)7-3-4-12-9(8(7)11)16-6-2-5-13/h3-4,13H,2,5-6,11H2,1H3. The van der Waals surface area contributed by atoms with Crippen LogP contribution in [0.4, 0.5) is 5.69 Å². The van der Waals surface area contributed by atoms with E-state index < -0.39 is 5.97 Å². The molecule has 1 rings (SSSR count). The number of nitrogens with zero attached hydrogens (tertiary/aromatic N) is 1. The normalized spacial score (nSPS) is 10.1. The summed E-state index contributed by atoms with van der Waals surface area (Å²) < 4.78 is 4.60. The van der Waals surface area contributed by atoms with Crippen LogP contribution in [0.2, 0.25) is 0 Å². The van der Waals surface area contributed by atoms with Crippen LogP contribution in [0.25, 0.3) is 0 Å². The van der Waals surface area contributed by atoms with Crippen LogP contribution in [0.15, 0.2) is 17.3 Å². The predicted octanol–water partition coefficient (Wildman–Crippen LogP) is 0.925. The van der Waals surface area contributed by atoms with Crippen molar-refractivity contribution in [1.82, 2.24) is 4.98 Å². The largest absolute Gasteiger partial charge is 0.465 e. The van der Waals surface area contributed by atoms with Gasteiger partial charge in [-0.25, -0.2) is 9.78 Å². The molecule has 16 heavy (non-hydrogen) atoms. The fourth-order valence-electron chi connectivity index (χ4n) is 1.09. The monoisotopic (exact) mass is 242 g/mol. The number of carbonyl (C=O) groups is 1. The summed E-state index contributed by atoms with van der Waals surface area (Å²) in [6, 6.07) is 1.53. The Labute approximate surface area is 98.0 Å². The number of methoxy groups -OCH3 is 1. The number of carbonyl (C=O) groups excluding carboxylic acids is 1. The van der Waals surface area contributed by atoms with E-state index in [0.29, 0.717) is 28.5 Å². The van der Waals surface area contributed by atoms with Gasteiger partial charge < -0.3 is 15.6 Å². The number of thioether (sulfide) groups is 1. The van der Waals surface area contributed by atoms with Crippen molar-refractivity contribution in [3.63, 3.8) is 0 Å². The summed E-state index contributed by atoms with van der Waals surface area (Å²) >= 11 is 1.41. The highest BCUT2D eigenvalue weighted by atomic mass is 32.2. The number of hydrogen-bond donors (Lipinski definition) is 2. The van der Waals surface area contributed by atoms with Crippen LogP contribution in [0, 0.1) is 0 Å². The number of ether oxygens (including phenoxy) is 1. The second-order valence-electron chi connectivity index (χ2n) is 2.99. The Morgan fingerprint density at radius 1 is 1.69 bits per heavy atom. The molecule has 0 spiro atoms. The zero-order valence-corrected chi connectivity index (χ0v) is 9.79. The lowest BCUT2D eigenvalue weighted by Gasteiger charge is -2.07. The van der Waals surface area contributed by atoms with Gasteiger partial charge in [0.25, 0.3) is 0 Å². The predicted molar refractivity (Wildman–Crippen MR) is 62.4 cm³/mol. The Bertz CT molecular complexity index is 371. The van der Waals surface area contributed by atoms with Gasteiger partial charge in [0.05, 0.1) is 18.4 Å². The van der Waals surface area contributed by atoms with Crippen molar-refractivity contribution < 1.29 is 14.6 Å². The molecule has 0 saturated heterocycles. The van der Waals surface area contributed by atoms with Gasteiger partial charge in [0.15, 0.2) is 0 Å². The van der Waals surface area contributed by atoms with Crippen molar-refractivity contribution in [3.8, 4) is 0 Å². The second kappa shape index (κ2) is 6.34. The van der Waals surface area contributed by atoms with Crippen LogP contribution in [0.3, 0.4) is 0 Å². The second-order valence-corrected chi connectivity index (χ2v) is 4.08. The highest BCUT2D eigenvalue weighted by molar-refractivity contribution is 7.99. The van der Waals surface area contributed by atoms with Gasteiger partial charge in [-0.05, 0) is 12.5 Å². The summed E-state index contributed by atoms with van der Waals surface area (Å²) in [7, 11) is 1.31. The van der Waals surface area contributed by atoms with Gasteiger partial charge in [-0.1, -0.05) is 0 Å². The summed E-state index contributed by atoms with van der Waals surface area (Å²) in [4.78, 5) is 15.4. The fourth-order valence-corrected chi connectivity index (χ4v) is 1.96. The Morgan fingerprint density at radius 3 is 3.06 bits per heavy atom. The highest BCUT2D eigenvalue weighted by Gasteiger charge is 2.13. The van der Waals surface area contributed by atoms with Gasteiger partial charge in [-0.2, -0.15) is 0 Å². The third-order valence-electron chi connectivity index (χ3n) is 1.90. The number of aliphatic hydroxyl groups excluding tert-OH is 1. The Balaban J connectivity index is 2.82. The van der Waals surface area contributed by atoms with Gasteiger partial charge in [0, 0.05) is 18.6 Å². The maximum absolute atomic E-state index is 11.3. The van der Waals surface area contributed by atoms with E-state index in [1.165, 1.54) is 31.1 Å². The van der Waals surface area contributed by atoms with Gasteiger partial charge in [0.1, 0.15) is 5.03 Å². The average Bonchev–Trinajstić information content (AvgIpc) is 2.30. The summed E-state index contributed by atoms with van der Waals surface area (Å²) in [5.41, 5.74) is 6.45. The van der Waals surface area contributed by atoms with Crippen LogP contribution in [0.1, 0.15) is 16.8 Å². The van der Waals surface area contributed by atoms with E-state index in [1.807, 2.05) is 0 Å². The lowest BCUT2D eigenvalue weighted by molar-refractivity contribution is 0.0601. The van der Waals surface area contributed by atoms with Crippen molar-refractivity contribution in [2.24, 2.45) is 0 Å². The number of aliphatic hydroxyl groups is 1. The molecule has 88 valence electrons. The number of hydrogen-bond acceptors (Lipinski definition) is 6. The number of anilines is 1. The minimum absolute atomic E-state index is 0.129. The molecule has 1 heterocycles. The Morgan fingerprint density at radius 2 is 2.44 bits per heavy atom. The molecule has 0 aliphatic rings. The molecule has 0 aliphatic carbocycles. The summed E-state index contributed by atoms with van der Waals surface area (Å²) in [6.45, 7) is 0.129. The average molecular weight is 242 g/mol. The SMILES string of the molecule is COC(=O)c1ccnc(SCCCO)c1N. The molecular formula is C10H14N2O3S. The first-order valence-electron chi connectivity index (χ1n) is 4.77. The zero-order valence-electron chi connectivity index (χ0n) is 8.97.